The van der Waals surface area contributed by atoms with Crippen LogP contribution in [0.4, 0.5) is 0 Å². The zero-order chi connectivity index (χ0) is 14.2. The summed E-state index contributed by atoms with van der Waals surface area (Å²) in [7, 11) is 0. The van der Waals surface area contributed by atoms with E-state index in [2.05, 4.69) is 13.0 Å². The predicted molar refractivity (Wildman–Crippen MR) is 81.1 cm³/mol. The fourth-order valence-corrected chi connectivity index (χ4v) is 2.25. The standard InChI is InChI=1S/C17H31O2/c1-2-3-4-5-6-7-8-9-10-11-12-13-14-15-16-17(18)19/h15H,2-14H2,1H3,(H,18,19). The maximum absolute atomic E-state index is 10.2. The van der Waals surface area contributed by atoms with Gasteiger partial charge in [0.25, 0.3) is 0 Å². The van der Waals surface area contributed by atoms with Gasteiger partial charge in [-0.3, -0.25) is 0 Å². The van der Waals surface area contributed by atoms with Crippen molar-refractivity contribution in [3.63, 3.8) is 0 Å². The molecule has 2 heteroatoms. The van der Waals surface area contributed by atoms with Crippen LogP contribution in [-0.2, 0) is 4.79 Å². The first-order valence-corrected chi connectivity index (χ1v) is 8.08. The van der Waals surface area contributed by atoms with Crippen molar-refractivity contribution in [2.24, 2.45) is 0 Å². The molecule has 0 bridgehead atoms. The lowest BCUT2D eigenvalue weighted by Crippen LogP contribution is -1.87. The topological polar surface area (TPSA) is 37.3 Å². The van der Waals surface area contributed by atoms with Gasteiger partial charge in [-0.25, -0.2) is 4.79 Å². The van der Waals surface area contributed by atoms with Gasteiger partial charge in [0.05, 0.1) is 6.08 Å². The van der Waals surface area contributed by atoms with Crippen molar-refractivity contribution in [3.8, 4) is 0 Å². The molecule has 0 rings (SSSR count). The lowest BCUT2D eigenvalue weighted by molar-refractivity contribution is -0.132. The van der Waals surface area contributed by atoms with E-state index in [1.807, 2.05) is 0 Å². The average Bonchev–Trinajstić information content (AvgIpc) is 2.39. The van der Waals surface area contributed by atoms with E-state index in [1.165, 1.54) is 70.6 Å². The van der Waals surface area contributed by atoms with Gasteiger partial charge in [0.15, 0.2) is 0 Å². The molecule has 0 heterocycles. The zero-order valence-corrected chi connectivity index (χ0v) is 12.6. The van der Waals surface area contributed by atoms with Crippen molar-refractivity contribution >= 4 is 5.97 Å². The maximum atomic E-state index is 10.2. The molecule has 0 spiro atoms. The molecule has 0 unspecified atom stereocenters. The van der Waals surface area contributed by atoms with Crippen molar-refractivity contribution in [1.29, 1.82) is 0 Å². The van der Waals surface area contributed by atoms with Crippen LogP contribution >= 0.6 is 0 Å². The first kappa shape index (κ1) is 18.2. The molecule has 0 aliphatic rings. The predicted octanol–water partition coefficient (Wildman–Crippen LogP) is 5.52. The molecular weight excluding hydrogens is 236 g/mol. The van der Waals surface area contributed by atoms with Gasteiger partial charge in [0.2, 0.25) is 0 Å². The van der Waals surface area contributed by atoms with Gasteiger partial charge in [-0.2, -0.15) is 0 Å². The minimum atomic E-state index is -0.959. The van der Waals surface area contributed by atoms with Crippen LogP contribution in [0.25, 0.3) is 0 Å². The van der Waals surface area contributed by atoms with Gasteiger partial charge in [0, 0.05) is 0 Å². The van der Waals surface area contributed by atoms with Crippen LogP contribution in [0.5, 0.6) is 0 Å². The van der Waals surface area contributed by atoms with E-state index >= 15 is 0 Å². The number of hydrogen-bond acceptors (Lipinski definition) is 1. The highest BCUT2D eigenvalue weighted by molar-refractivity contribution is 5.75. The Hall–Kier alpha value is -0.790. The van der Waals surface area contributed by atoms with Crippen LogP contribution in [0.1, 0.15) is 90.4 Å². The lowest BCUT2D eigenvalue weighted by atomic mass is 10.0. The maximum Gasteiger partial charge on any atom is 0.336 e. The van der Waals surface area contributed by atoms with Crippen molar-refractivity contribution in [2.75, 3.05) is 0 Å². The van der Waals surface area contributed by atoms with Crippen LogP contribution in [0.15, 0.2) is 6.08 Å². The van der Waals surface area contributed by atoms with E-state index in [9.17, 15) is 4.79 Å². The number of carbonyl (C=O) groups is 1. The Balaban J connectivity index is 3.01. The Bertz CT molecular complexity index is 221. The molecule has 0 aliphatic carbocycles. The van der Waals surface area contributed by atoms with Crippen molar-refractivity contribution < 1.29 is 9.90 Å². The van der Waals surface area contributed by atoms with Gasteiger partial charge < -0.3 is 5.11 Å². The van der Waals surface area contributed by atoms with Crippen LogP contribution in [0.2, 0.25) is 0 Å². The lowest BCUT2D eigenvalue weighted by Gasteiger charge is -2.02. The number of rotatable bonds is 14. The van der Waals surface area contributed by atoms with E-state index in [0.717, 1.165) is 12.8 Å². The van der Waals surface area contributed by atoms with Gasteiger partial charge in [-0.05, 0) is 12.8 Å². The fraction of sp³-hybridized carbons (Fsp3) is 0.824. The van der Waals surface area contributed by atoms with E-state index in [4.69, 9.17) is 5.11 Å². The molecule has 0 saturated heterocycles. The molecule has 0 fully saturated rings. The summed E-state index contributed by atoms with van der Waals surface area (Å²) in [6.45, 7) is 2.26. The summed E-state index contributed by atoms with van der Waals surface area (Å²) >= 11 is 0. The Kier molecular flexibility index (Phi) is 14.6. The van der Waals surface area contributed by atoms with Crippen LogP contribution in [0, 0.1) is 6.08 Å². The summed E-state index contributed by atoms with van der Waals surface area (Å²) in [4.78, 5) is 10.2. The number of allylic oxidation sites excluding steroid dienone is 1. The van der Waals surface area contributed by atoms with Crippen LogP contribution < -0.4 is 0 Å². The molecule has 111 valence electrons. The fourth-order valence-electron chi connectivity index (χ4n) is 2.25. The molecule has 0 atom stereocenters. The Morgan fingerprint density at radius 3 is 1.68 bits per heavy atom. The third-order valence-electron chi connectivity index (χ3n) is 3.43. The molecule has 0 saturated carbocycles. The smallest absolute Gasteiger partial charge is 0.336 e. The Morgan fingerprint density at radius 1 is 0.842 bits per heavy atom. The summed E-state index contributed by atoms with van der Waals surface area (Å²) in [5, 5.41) is 8.36. The number of carboxylic acid groups (broad SMARTS) is 1. The second-order valence-corrected chi connectivity index (χ2v) is 5.33. The number of aliphatic carboxylic acids is 1. The van der Waals surface area contributed by atoms with Gasteiger partial charge in [-0.15, -0.1) is 0 Å². The molecule has 0 amide bonds. The van der Waals surface area contributed by atoms with Gasteiger partial charge in [0.1, 0.15) is 0 Å². The Morgan fingerprint density at radius 2 is 1.26 bits per heavy atom. The summed E-state index contributed by atoms with van der Waals surface area (Å²) in [6.07, 6.45) is 20.8. The molecule has 0 aromatic rings. The first-order valence-electron chi connectivity index (χ1n) is 8.08. The average molecular weight is 267 g/mol. The normalized spacial score (nSPS) is 11.2. The third-order valence-corrected chi connectivity index (χ3v) is 3.43. The van der Waals surface area contributed by atoms with E-state index < -0.39 is 5.97 Å². The molecule has 0 aromatic carbocycles. The molecular formula is C17H31O2. The highest BCUT2D eigenvalue weighted by Crippen LogP contribution is 2.12. The van der Waals surface area contributed by atoms with Crippen LogP contribution in [0.3, 0.4) is 0 Å². The monoisotopic (exact) mass is 267 g/mol. The minimum Gasteiger partial charge on any atom is -0.478 e. The SMILES string of the molecule is CCCCCCCCCCCCCC/C=[C]\C(=O)O. The van der Waals surface area contributed by atoms with Gasteiger partial charge >= 0.3 is 5.97 Å². The summed E-state index contributed by atoms with van der Waals surface area (Å²) in [6, 6.07) is 0. The van der Waals surface area contributed by atoms with Crippen molar-refractivity contribution in [3.05, 3.63) is 12.2 Å². The zero-order valence-electron chi connectivity index (χ0n) is 12.6. The summed E-state index contributed by atoms with van der Waals surface area (Å²) < 4.78 is 0. The van der Waals surface area contributed by atoms with Crippen molar-refractivity contribution in [1.82, 2.24) is 0 Å². The quantitative estimate of drug-likeness (QED) is 0.332. The Labute approximate surface area is 119 Å². The highest BCUT2D eigenvalue weighted by Gasteiger charge is 1.93. The number of carboxylic acids is 1. The molecule has 1 radical (unpaired) electrons. The minimum absolute atomic E-state index is 0.851. The second kappa shape index (κ2) is 15.3. The third kappa shape index (κ3) is 17.2. The molecule has 19 heavy (non-hydrogen) atoms. The summed E-state index contributed by atoms with van der Waals surface area (Å²) in [5.74, 6) is -0.959. The molecule has 2 nitrogen and oxygen atoms in total. The summed E-state index contributed by atoms with van der Waals surface area (Å²) in [5.41, 5.74) is 0. The van der Waals surface area contributed by atoms with Crippen molar-refractivity contribution in [2.45, 2.75) is 90.4 Å². The second-order valence-electron chi connectivity index (χ2n) is 5.33. The van der Waals surface area contributed by atoms with E-state index in [1.54, 1.807) is 6.08 Å². The highest BCUT2D eigenvalue weighted by atomic mass is 16.4. The first-order chi connectivity index (χ1) is 9.27. The number of unbranched alkanes of at least 4 members (excludes halogenated alkanes) is 12. The van der Waals surface area contributed by atoms with E-state index in [0.29, 0.717) is 0 Å². The van der Waals surface area contributed by atoms with Gasteiger partial charge in [-0.1, -0.05) is 83.6 Å². The largest absolute Gasteiger partial charge is 0.478 e. The number of hydrogen-bond donors (Lipinski definition) is 1. The molecule has 1 N–H and O–H groups in total. The molecule has 0 aliphatic heterocycles. The van der Waals surface area contributed by atoms with Crippen LogP contribution in [-0.4, -0.2) is 11.1 Å². The van der Waals surface area contributed by atoms with E-state index in [-0.39, 0.29) is 0 Å². The molecule has 0 aromatic heterocycles.